The Morgan fingerprint density at radius 1 is 1.14 bits per heavy atom. The molecule has 2 aromatic heterocycles. The molecule has 1 aliphatic heterocycles. The molecule has 0 spiro atoms. The van der Waals surface area contributed by atoms with E-state index in [1.807, 2.05) is 0 Å². The van der Waals surface area contributed by atoms with E-state index in [1.54, 1.807) is 17.7 Å². The first-order valence-electron chi connectivity index (χ1n) is 9.49. The predicted octanol–water partition coefficient (Wildman–Crippen LogP) is 2.89. The van der Waals surface area contributed by atoms with Gasteiger partial charge in [0.2, 0.25) is 0 Å². The molecule has 0 N–H and O–H groups in total. The monoisotopic (exact) mass is 398 g/mol. The Morgan fingerprint density at radius 2 is 1.89 bits per heavy atom. The molecule has 0 unspecified atom stereocenters. The Bertz CT molecular complexity index is 1140. The Labute approximate surface area is 168 Å². The molecule has 146 valence electrons. The van der Waals surface area contributed by atoms with Crippen LogP contribution in [-0.4, -0.2) is 32.1 Å². The molecule has 1 saturated heterocycles. The third kappa shape index (κ3) is 3.50. The van der Waals surface area contributed by atoms with E-state index in [1.165, 1.54) is 21.9 Å². The first-order chi connectivity index (χ1) is 13.4. The molecule has 3 heterocycles. The highest BCUT2D eigenvalue weighted by Crippen LogP contribution is 2.25. The SMILES string of the molecule is Cc1cccc(CN2CCC(n3c(=O)c(=O)n(C)c4cc(Cl)cnc43)CC2)c1. The molecule has 0 saturated carbocycles. The summed E-state index contributed by atoms with van der Waals surface area (Å²) in [6.45, 7) is 4.74. The molecule has 1 aliphatic rings. The Balaban J connectivity index is 1.61. The smallest absolute Gasteiger partial charge is 0.304 e. The zero-order valence-electron chi connectivity index (χ0n) is 16.1. The molecule has 0 bridgehead atoms. The van der Waals surface area contributed by atoms with Gasteiger partial charge in [-0.05, 0) is 31.4 Å². The summed E-state index contributed by atoms with van der Waals surface area (Å²) < 4.78 is 2.91. The normalized spacial score (nSPS) is 16.0. The molecule has 1 aromatic carbocycles. The average molecular weight is 399 g/mol. The second-order valence-corrected chi connectivity index (χ2v) is 7.97. The highest BCUT2D eigenvalue weighted by Gasteiger charge is 2.25. The fourth-order valence-corrected chi connectivity index (χ4v) is 4.20. The molecular formula is C21H23ClN4O2. The highest BCUT2D eigenvalue weighted by atomic mass is 35.5. The van der Waals surface area contributed by atoms with Crippen LogP contribution >= 0.6 is 11.6 Å². The van der Waals surface area contributed by atoms with Gasteiger partial charge in [0, 0.05) is 38.9 Å². The lowest BCUT2D eigenvalue weighted by atomic mass is 10.0. The first kappa shape index (κ1) is 18.9. The summed E-state index contributed by atoms with van der Waals surface area (Å²) in [7, 11) is 1.58. The van der Waals surface area contributed by atoms with Crippen molar-refractivity contribution >= 4 is 22.8 Å². The second-order valence-electron chi connectivity index (χ2n) is 7.53. The number of nitrogens with zero attached hydrogens (tertiary/aromatic N) is 4. The van der Waals surface area contributed by atoms with Gasteiger partial charge in [0.25, 0.3) is 0 Å². The van der Waals surface area contributed by atoms with E-state index in [4.69, 9.17) is 11.6 Å². The summed E-state index contributed by atoms with van der Waals surface area (Å²) >= 11 is 6.06. The molecule has 28 heavy (non-hydrogen) atoms. The number of piperidine rings is 1. The van der Waals surface area contributed by atoms with Crippen LogP contribution in [0.3, 0.4) is 0 Å². The van der Waals surface area contributed by atoms with Crippen molar-refractivity contribution in [3.8, 4) is 0 Å². The summed E-state index contributed by atoms with van der Waals surface area (Å²) in [6.07, 6.45) is 3.13. The number of rotatable bonds is 3. The van der Waals surface area contributed by atoms with Crippen LogP contribution < -0.4 is 11.1 Å². The molecule has 7 heteroatoms. The fraction of sp³-hybridized carbons (Fsp3) is 0.381. The van der Waals surface area contributed by atoms with Gasteiger partial charge in [-0.15, -0.1) is 0 Å². The highest BCUT2D eigenvalue weighted by molar-refractivity contribution is 6.31. The molecule has 6 nitrogen and oxygen atoms in total. The lowest BCUT2D eigenvalue weighted by Gasteiger charge is -2.33. The number of benzene rings is 1. The Kier molecular flexibility index (Phi) is 5.08. The lowest BCUT2D eigenvalue weighted by molar-refractivity contribution is 0.179. The van der Waals surface area contributed by atoms with Crippen molar-refractivity contribution in [1.82, 2.24) is 19.0 Å². The van der Waals surface area contributed by atoms with Gasteiger partial charge in [-0.2, -0.15) is 0 Å². The first-order valence-corrected chi connectivity index (χ1v) is 9.86. The summed E-state index contributed by atoms with van der Waals surface area (Å²) in [5.41, 5.74) is 2.61. The van der Waals surface area contributed by atoms with Crippen LogP contribution in [0, 0.1) is 6.92 Å². The summed E-state index contributed by atoms with van der Waals surface area (Å²) in [6, 6.07) is 10.2. The van der Waals surface area contributed by atoms with Crippen LogP contribution in [0.25, 0.3) is 11.2 Å². The van der Waals surface area contributed by atoms with Gasteiger partial charge < -0.3 is 4.57 Å². The number of aryl methyl sites for hydroxylation is 2. The molecule has 3 aromatic rings. The van der Waals surface area contributed by atoms with Gasteiger partial charge in [0.1, 0.15) is 0 Å². The fourth-order valence-electron chi connectivity index (χ4n) is 4.05. The van der Waals surface area contributed by atoms with E-state index in [0.717, 1.165) is 32.5 Å². The molecule has 0 amide bonds. The quantitative estimate of drug-likeness (QED) is 0.636. The maximum Gasteiger partial charge on any atom is 0.318 e. The average Bonchev–Trinajstić information content (AvgIpc) is 2.68. The molecule has 1 fully saturated rings. The largest absolute Gasteiger partial charge is 0.318 e. The van der Waals surface area contributed by atoms with Gasteiger partial charge in [0.05, 0.1) is 10.5 Å². The topological polar surface area (TPSA) is 60.1 Å². The van der Waals surface area contributed by atoms with E-state index < -0.39 is 11.1 Å². The minimum absolute atomic E-state index is 0.0358. The Hall–Kier alpha value is -2.44. The number of likely N-dealkylation sites (tertiary alicyclic amines) is 1. The minimum Gasteiger partial charge on any atom is -0.304 e. The van der Waals surface area contributed by atoms with E-state index in [2.05, 4.69) is 41.1 Å². The number of aromatic nitrogens is 3. The summed E-state index contributed by atoms with van der Waals surface area (Å²) in [5, 5.41) is 0.445. The molecule has 0 atom stereocenters. The number of hydrogen-bond donors (Lipinski definition) is 0. The van der Waals surface area contributed by atoms with E-state index >= 15 is 0 Å². The van der Waals surface area contributed by atoms with Crippen LogP contribution in [0.2, 0.25) is 5.02 Å². The van der Waals surface area contributed by atoms with Crippen LogP contribution in [0.4, 0.5) is 0 Å². The maximum atomic E-state index is 12.7. The van der Waals surface area contributed by atoms with Crippen molar-refractivity contribution in [2.24, 2.45) is 7.05 Å². The number of fused-ring (bicyclic) bond motifs is 1. The van der Waals surface area contributed by atoms with Gasteiger partial charge in [0.15, 0.2) is 5.65 Å². The van der Waals surface area contributed by atoms with Crippen LogP contribution in [0.15, 0.2) is 46.1 Å². The van der Waals surface area contributed by atoms with Crippen molar-refractivity contribution in [3.05, 3.63) is 73.4 Å². The standard InChI is InChI=1S/C21H23ClN4O2/c1-14-4-3-5-15(10-14)13-25-8-6-17(7-9-25)26-19-18(11-16(22)12-23-19)24(2)20(27)21(26)28/h3-5,10-12,17H,6-9,13H2,1-2H3. The zero-order valence-corrected chi connectivity index (χ0v) is 16.8. The number of hydrogen-bond acceptors (Lipinski definition) is 4. The molecular weight excluding hydrogens is 376 g/mol. The molecule has 4 rings (SSSR count). The van der Waals surface area contributed by atoms with E-state index in [0.29, 0.717) is 16.2 Å². The lowest BCUT2D eigenvalue weighted by Crippen LogP contribution is -2.45. The molecule has 0 radical (unpaired) electrons. The Morgan fingerprint density at radius 3 is 2.61 bits per heavy atom. The molecule has 0 aliphatic carbocycles. The van der Waals surface area contributed by atoms with Crippen LogP contribution in [0.1, 0.15) is 30.0 Å². The van der Waals surface area contributed by atoms with E-state index in [-0.39, 0.29) is 6.04 Å². The van der Waals surface area contributed by atoms with Gasteiger partial charge in [-0.1, -0.05) is 41.4 Å². The minimum atomic E-state index is -0.543. The van der Waals surface area contributed by atoms with Gasteiger partial charge in [-0.3, -0.25) is 19.1 Å². The number of halogens is 1. The summed E-state index contributed by atoms with van der Waals surface area (Å²) in [4.78, 5) is 31.9. The van der Waals surface area contributed by atoms with Crippen molar-refractivity contribution < 1.29 is 0 Å². The van der Waals surface area contributed by atoms with Crippen molar-refractivity contribution in [2.75, 3.05) is 13.1 Å². The van der Waals surface area contributed by atoms with Gasteiger partial charge in [-0.25, -0.2) is 4.98 Å². The summed E-state index contributed by atoms with van der Waals surface area (Å²) in [5.74, 6) is 0. The third-order valence-electron chi connectivity index (χ3n) is 5.52. The zero-order chi connectivity index (χ0) is 19.8. The maximum absolute atomic E-state index is 12.7. The van der Waals surface area contributed by atoms with Gasteiger partial charge >= 0.3 is 11.1 Å². The van der Waals surface area contributed by atoms with Crippen LogP contribution in [0.5, 0.6) is 0 Å². The third-order valence-corrected chi connectivity index (χ3v) is 5.73. The number of pyridine rings is 1. The predicted molar refractivity (Wildman–Crippen MR) is 111 cm³/mol. The second kappa shape index (κ2) is 7.53. The van der Waals surface area contributed by atoms with Crippen molar-refractivity contribution in [3.63, 3.8) is 0 Å². The van der Waals surface area contributed by atoms with Crippen molar-refractivity contribution in [2.45, 2.75) is 32.4 Å². The van der Waals surface area contributed by atoms with Crippen molar-refractivity contribution in [1.29, 1.82) is 0 Å². The van der Waals surface area contributed by atoms with Crippen LogP contribution in [-0.2, 0) is 13.6 Å². The van der Waals surface area contributed by atoms with E-state index in [9.17, 15) is 9.59 Å².